The largest absolute Gasteiger partial charge is 0.481 e. The van der Waals surface area contributed by atoms with Crippen LogP contribution in [0.25, 0.3) is 0 Å². The van der Waals surface area contributed by atoms with Crippen molar-refractivity contribution in [3.05, 3.63) is 0 Å². The molecule has 6 aliphatic rings. The third kappa shape index (κ3) is 4.52. The maximum absolute atomic E-state index is 13.2. The van der Waals surface area contributed by atoms with E-state index in [0.717, 1.165) is 44.9 Å². The molecule has 0 aromatic heterocycles. The number of aliphatic carboxylic acids is 1. The van der Waals surface area contributed by atoms with Gasteiger partial charge < -0.3 is 45.2 Å². The average molecular weight is 639 g/mol. The van der Waals surface area contributed by atoms with Gasteiger partial charge in [0.05, 0.1) is 35.9 Å². The topological polar surface area (TPSA) is 177 Å². The van der Waals surface area contributed by atoms with E-state index in [1.807, 2.05) is 0 Å². The van der Waals surface area contributed by atoms with E-state index in [-0.39, 0.29) is 35.2 Å². The van der Waals surface area contributed by atoms with E-state index < -0.39 is 65.3 Å². The molecular formula is C35H58O10. The Labute approximate surface area is 267 Å². The van der Waals surface area contributed by atoms with Crippen LogP contribution in [-0.4, -0.2) is 96.8 Å². The van der Waals surface area contributed by atoms with Crippen LogP contribution in [0.2, 0.25) is 0 Å². The number of hydrogen-bond acceptors (Lipinski definition) is 9. The highest BCUT2D eigenvalue weighted by atomic mass is 16.7. The summed E-state index contributed by atoms with van der Waals surface area (Å²) in [7, 11) is 0. The average Bonchev–Trinajstić information content (AvgIpc) is 3.58. The number of aliphatic hydroxyl groups is 6. The predicted octanol–water partition coefficient (Wildman–Crippen LogP) is 2.83. The summed E-state index contributed by atoms with van der Waals surface area (Å²) in [4.78, 5) is 13.2. The van der Waals surface area contributed by atoms with Crippen LogP contribution in [0, 0.1) is 50.7 Å². The van der Waals surface area contributed by atoms with Gasteiger partial charge in [0, 0.05) is 11.8 Å². The molecule has 10 nitrogen and oxygen atoms in total. The lowest BCUT2D eigenvalue weighted by molar-refractivity contribution is -0.309. The number of hydrogen-bond donors (Lipinski definition) is 7. The number of fused-ring (bicyclic) bond motifs is 2. The van der Waals surface area contributed by atoms with Crippen molar-refractivity contribution in [1.82, 2.24) is 0 Å². The second-order valence-corrected chi connectivity index (χ2v) is 17.5. The van der Waals surface area contributed by atoms with Crippen LogP contribution in [0.4, 0.5) is 0 Å². The molecule has 16 atom stereocenters. The van der Waals surface area contributed by atoms with E-state index in [4.69, 9.17) is 9.47 Å². The third-order valence-corrected chi connectivity index (χ3v) is 15.4. The predicted molar refractivity (Wildman–Crippen MR) is 164 cm³/mol. The Morgan fingerprint density at radius 3 is 2.27 bits per heavy atom. The highest BCUT2D eigenvalue weighted by molar-refractivity contribution is 5.76. The third-order valence-electron chi connectivity index (χ3n) is 15.4. The van der Waals surface area contributed by atoms with Crippen molar-refractivity contribution in [2.75, 3.05) is 6.61 Å². The first-order valence-electron chi connectivity index (χ1n) is 17.4. The van der Waals surface area contributed by atoms with Gasteiger partial charge in [-0.2, -0.15) is 0 Å². The first kappa shape index (κ1) is 34.0. The second kappa shape index (κ2) is 10.8. The van der Waals surface area contributed by atoms with E-state index in [9.17, 15) is 40.5 Å². The molecule has 45 heavy (non-hydrogen) atoms. The molecule has 0 aromatic rings. The zero-order chi connectivity index (χ0) is 33.1. The van der Waals surface area contributed by atoms with Gasteiger partial charge in [0.1, 0.15) is 18.3 Å². The summed E-state index contributed by atoms with van der Waals surface area (Å²) in [5.41, 5.74) is -2.92. The molecule has 6 rings (SSSR count). The summed E-state index contributed by atoms with van der Waals surface area (Å²) < 4.78 is 11.7. The lowest BCUT2D eigenvalue weighted by atomic mass is 9.41. The van der Waals surface area contributed by atoms with Crippen molar-refractivity contribution in [1.29, 1.82) is 0 Å². The SMILES string of the molecule is C[C@H](CC[C@@H](O)C(C)(C)O)[C@H]1CC[C@@]2(C)[C@@H]3CC[C@H]4[C@](C)(C(=O)O)[C@@H](O[C@@H]5OC[C@@H](O)[C@H](O)[C@H]5O)C[C@H](O)[C@@]45C[C@@]35CC[C@]12C. The number of aliphatic hydroxyl groups excluding tert-OH is 5. The first-order valence-corrected chi connectivity index (χ1v) is 17.4. The Hall–Kier alpha value is -0.850. The summed E-state index contributed by atoms with van der Waals surface area (Å²) in [5, 5.41) is 74.3. The Balaban J connectivity index is 1.24. The number of carboxylic acids is 1. The van der Waals surface area contributed by atoms with Gasteiger partial charge >= 0.3 is 5.97 Å². The quantitative estimate of drug-likeness (QED) is 0.196. The second-order valence-electron chi connectivity index (χ2n) is 17.5. The van der Waals surface area contributed by atoms with E-state index in [2.05, 4.69) is 20.8 Å². The number of ether oxygens (including phenoxy) is 2. The lowest BCUT2D eigenvalue weighted by Gasteiger charge is -2.64. The maximum atomic E-state index is 13.2. The van der Waals surface area contributed by atoms with Gasteiger partial charge in [-0.05, 0) is 118 Å². The Bertz CT molecular complexity index is 1160. The zero-order valence-electron chi connectivity index (χ0n) is 28.0. The van der Waals surface area contributed by atoms with Crippen LogP contribution in [-0.2, 0) is 14.3 Å². The van der Waals surface area contributed by atoms with Gasteiger partial charge in [0.2, 0.25) is 0 Å². The van der Waals surface area contributed by atoms with Crippen LogP contribution < -0.4 is 0 Å². The van der Waals surface area contributed by atoms with Gasteiger partial charge in [-0.25, -0.2) is 0 Å². The molecule has 1 saturated heterocycles. The Kier molecular flexibility index (Phi) is 8.19. The summed E-state index contributed by atoms with van der Waals surface area (Å²) in [6.07, 6.45) is 0.114. The lowest BCUT2D eigenvalue weighted by Crippen LogP contribution is -2.65. The fourth-order valence-corrected chi connectivity index (χ4v) is 12.5. The molecule has 2 spiro atoms. The van der Waals surface area contributed by atoms with E-state index in [0.29, 0.717) is 30.6 Å². The fraction of sp³-hybridized carbons (Fsp3) is 0.971. The normalized spacial score (nSPS) is 53.8. The van der Waals surface area contributed by atoms with Crippen molar-refractivity contribution in [3.8, 4) is 0 Å². The van der Waals surface area contributed by atoms with Crippen molar-refractivity contribution >= 4 is 5.97 Å². The van der Waals surface area contributed by atoms with Gasteiger partial charge in [-0.15, -0.1) is 0 Å². The molecule has 1 heterocycles. The zero-order valence-corrected chi connectivity index (χ0v) is 28.0. The standard InChI is InChI=1S/C35H58O10/c1-18(7-10-23(37)30(2,3)43)19-11-12-32(5)21-8-9-22-33(6,29(41)42)25(45-28-27(40)26(39)20(36)16-44-28)15-24(38)35(22)17-34(21,35)14-13-31(19,32)4/h18-28,36-40,43H,7-17H2,1-6H3,(H,41,42)/t18-,19-,20-,21+,22+,23-,24+,25+,26+,27-,28+,31-,32+,33+,34+,35-/m1/s1. The molecule has 1 aliphatic heterocycles. The van der Waals surface area contributed by atoms with Gasteiger partial charge in [0.15, 0.2) is 6.29 Å². The van der Waals surface area contributed by atoms with Crippen molar-refractivity contribution in [2.24, 2.45) is 50.7 Å². The minimum atomic E-state index is -1.53. The maximum Gasteiger partial charge on any atom is 0.312 e. The summed E-state index contributed by atoms with van der Waals surface area (Å²) in [6.45, 7) is 12.0. The Morgan fingerprint density at radius 2 is 1.62 bits per heavy atom. The van der Waals surface area contributed by atoms with Crippen LogP contribution in [0.3, 0.4) is 0 Å². The molecule has 0 radical (unpaired) electrons. The molecule has 0 amide bonds. The molecule has 258 valence electrons. The number of rotatable bonds is 8. The van der Waals surface area contributed by atoms with E-state index in [1.165, 1.54) is 0 Å². The molecule has 6 fully saturated rings. The van der Waals surface area contributed by atoms with Gasteiger partial charge in [-0.1, -0.05) is 20.8 Å². The fourth-order valence-electron chi connectivity index (χ4n) is 12.5. The van der Waals surface area contributed by atoms with Crippen LogP contribution in [0.5, 0.6) is 0 Å². The van der Waals surface area contributed by atoms with Gasteiger partial charge in [0.25, 0.3) is 0 Å². The van der Waals surface area contributed by atoms with Crippen molar-refractivity contribution in [2.45, 2.75) is 154 Å². The van der Waals surface area contributed by atoms with E-state index >= 15 is 0 Å². The summed E-state index contributed by atoms with van der Waals surface area (Å²) >= 11 is 0. The minimum absolute atomic E-state index is 0.0528. The van der Waals surface area contributed by atoms with Crippen LogP contribution in [0.15, 0.2) is 0 Å². The molecule has 7 N–H and O–H groups in total. The Morgan fingerprint density at radius 1 is 0.956 bits per heavy atom. The van der Waals surface area contributed by atoms with Crippen molar-refractivity contribution < 1.29 is 50.0 Å². The van der Waals surface area contributed by atoms with E-state index in [1.54, 1.807) is 20.8 Å². The van der Waals surface area contributed by atoms with Crippen LogP contribution in [0.1, 0.15) is 106 Å². The highest BCUT2D eigenvalue weighted by Gasteiger charge is 2.86. The number of carbonyl (C=O) groups is 1. The molecule has 0 bridgehead atoms. The molecule has 0 unspecified atom stereocenters. The smallest absolute Gasteiger partial charge is 0.312 e. The summed E-state index contributed by atoms with van der Waals surface area (Å²) in [5.74, 6) is -0.0149. The molecule has 5 aliphatic carbocycles. The highest BCUT2D eigenvalue weighted by Crippen LogP contribution is 2.89. The van der Waals surface area contributed by atoms with Gasteiger partial charge in [-0.3, -0.25) is 4.79 Å². The minimum Gasteiger partial charge on any atom is -0.481 e. The molecule has 0 aromatic carbocycles. The molecule has 5 saturated carbocycles. The first-order chi connectivity index (χ1) is 20.8. The summed E-state index contributed by atoms with van der Waals surface area (Å²) in [6, 6.07) is 0. The van der Waals surface area contributed by atoms with Crippen LogP contribution >= 0.6 is 0 Å². The molecule has 10 heteroatoms. The molecular weight excluding hydrogens is 580 g/mol. The number of carboxylic acid groups (broad SMARTS) is 1. The monoisotopic (exact) mass is 638 g/mol. The van der Waals surface area contributed by atoms with Crippen molar-refractivity contribution in [3.63, 3.8) is 0 Å².